The van der Waals surface area contributed by atoms with Gasteiger partial charge < -0.3 is 19.0 Å². The van der Waals surface area contributed by atoms with Gasteiger partial charge in [-0.05, 0) is 20.4 Å². The van der Waals surface area contributed by atoms with Gasteiger partial charge in [0.25, 0.3) is 0 Å². The van der Waals surface area contributed by atoms with Crippen LogP contribution in [0.5, 0.6) is 0 Å². The molecule has 1 aliphatic heterocycles. The molecular weight excluding hydrogens is 368 g/mol. The van der Waals surface area contributed by atoms with Crippen molar-refractivity contribution in [1.82, 2.24) is 9.80 Å². The Balaban J connectivity index is 1.84. The lowest BCUT2D eigenvalue weighted by molar-refractivity contribution is 0.0524. The van der Waals surface area contributed by atoms with Crippen LogP contribution >= 0.6 is 0 Å². The smallest absolute Gasteiger partial charge is 0.342 e. The number of Topliss-reactive ketones (excluding diaryl/α,β-unsaturated/α-hetero) is 1. The number of likely N-dealkylation sites (N-methyl/N-ethyl adjacent to an activating group) is 1. The van der Waals surface area contributed by atoms with E-state index in [1.54, 1.807) is 13.8 Å². The molecule has 0 radical (unpaired) electrons. The Labute approximate surface area is 170 Å². The summed E-state index contributed by atoms with van der Waals surface area (Å²) in [4.78, 5) is 30.7. The van der Waals surface area contributed by atoms with E-state index in [0.29, 0.717) is 33.8 Å². The quantitative estimate of drug-likeness (QED) is 0.583. The van der Waals surface area contributed by atoms with Crippen LogP contribution in [0.25, 0.3) is 16.9 Å². The zero-order valence-electron chi connectivity index (χ0n) is 17.2. The molecule has 0 unspecified atom stereocenters. The second kappa shape index (κ2) is 7.87. The number of aryl methyl sites for hydroxylation is 1. The molecule has 152 valence electrons. The summed E-state index contributed by atoms with van der Waals surface area (Å²) >= 11 is 0. The highest BCUT2D eigenvalue weighted by atomic mass is 16.5. The fourth-order valence-electron chi connectivity index (χ4n) is 4.09. The van der Waals surface area contributed by atoms with Crippen molar-refractivity contribution >= 4 is 17.3 Å². The van der Waals surface area contributed by atoms with Gasteiger partial charge in [-0.3, -0.25) is 4.79 Å². The van der Waals surface area contributed by atoms with Crippen molar-refractivity contribution in [2.75, 3.05) is 39.3 Å². The van der Waals surface area contributed by atoms with Crippen molar-refractivity contribution in [3.8, 4) is 11.3 Å². The molecule has 1 aromatic carbocycles. The monoisotopic (exact) mass is 394 g/mol. The molecule has 2 aliphatic rings. The second-order valence-electron chi connectivity index (χ2n) is 7.35. The van der Waals surface area contributed by atoms with E-state index >= 15 is 0 Å². The highest BCUT2D eigenvalue weighted by Gasteiger charge is 2.36. The molecule has 1 aromatic heterocycles. The lowest BCUT2D eigenvalue weighted by Crippen LogP contribution is -2.44. The first-order valence-corrected chi connectivity index (χ1v) is 10.2. The molecule has 1 saturated heterocycles. The van der Waals surface area contributed by atoms with Gasteiger partial charge in [0.05, 0.1) is 12.2 Å². The van der Waals surface area contributed by atoms with Gasteiger partial charge in [0, 0.05) is 49.1 Å². The van der Waals surface area contributed by atoms with E-state index < -0.39 is 5.97 Å². The number of furan rings is 1. The van der Waals surface area contributed by atoms with E-state index in [4.69, 9.17) is 9.15 Å². The Morgan fingerprint density at radius 1 is 1.14 bits per heavy atom. The number of piperazine rings is 1. The molecule has 0 saturated carbocycles. The molecule has 6 heteroatoms. The van der Waals surface area contributed by atoms with Crippen LogP contribution in [-0.2, 0) is 4.74 Å². The van der Waals surface area contributed by atoms with Crippen molar-refractivity contribution in [3.63, 3.8) is 0 Å². The molecular formula is C23H26N2O4. The Morgan fingerprint density at radius 3 is 2.48 bits per heavy atom. The fraction of sp³-hybridized carbons (Fsp3) is 0.391. The molecule has 2 heterocycles. The van der Waals surface area contributed by atoms with Gasteiger partial charge in [0.15, 0.2) is 5.78 Å². The topological polar surface area (TPSA) is 63.0 Å². The van der Waals surface area contributed by atoms with Crippen LogP contribution in [0.15, 0.2) is 34.9 Å². The number of benzene rings is 1. The van der Waals surface area contributed by atoms with Crippen molar-refractivity contribution in [3.05, 3.63) is 52.9 Å². The van der Waals surface area contributed by atoms with E-state index in [1.807, 2.05) is 30.5 Å². The number of hydrogen-bond acceptors (Lipinski definition) is 6. The minimum absolute atomic E-state index is 0.0858. The number of ketones is 1. The maximum Gasteiger partial charge on any atom is 0.342 e. The predicted octanol–water partition coefficient (Wildman–Crippen LogP) is 3.61. The minimum Gasteiger partial charge on any atom is -0.462 e. The number of carbonyl (C=O) groups is 2. The maximum absolute atomic E-state index is 13.4. The van der Waals surface area contributed by atoms with Crippen molar-refractivity contribution in [1.29, 1.82) is 0 Å². The molecule has 1 fully saturated rings. The summed E-state index contributed by atoms with van der Waals surface area (Å²) in [5, 5.41) is 0. The number of nitrogens with zero attached hydrogens (tertiary/aromatic N) is 2. The summed E-state index contributed by atoms with van der Waals surface area (Å²) in [5.41, 5.74) is 2.73. The molecule has 6 nitrogen and oxygen atoms in total. The van der Waals surface area contributed by atoms with Gasteiger partial charge in [-0.15, -0.1) is 0 Å². The van der Waals surface area contributed by atoms with Crippen LogP contribution in [0.1, 0.15) is 45.9 Å². The Kier molecular flexibility index (Phi) is 5.28. The van der Waals surface area contributed by atoms with Crippen LogP contribution < -0.4 is 0 Å². The molecule has 0 atom stereocenters. The molecule has 29 heavy (non-hydrogen) atoms. The third-order valence-corrected chi connectivity index (χ3v) is 5.66. The summed E-state index contributed by atoms with van der Waals surface area (Å²) in [6.07, 6.45) is 1.90. The summed E-state index contributed by atoms with van der Waals surface area (Å²) < 4.78 is 11.3. The van der Waals surface area contributed by atoms with Gasteiger partial charge in [-0.25, -0.2) is 4.79 Å². The zero-order valence-corrected chi connectivity index (χ0v) is 17.2. The number of hydrogen-bond donors (Lipinski definition) is 0. The van der Waals surface area contributed by atoms with Crippen LogP contribution in [-0.4, -0.2) is 60.9 Å². The first kappa shape index (κ1) is 19.5. The van der Waals surface area contributed by atoms with Gasteiger partial charge >= 0.3 is 5.97 Å². The number of ether oxygens (including phenoxy) is 1. The molecule has 0 bridgehead atoms. The third kappa shape index (κ3) is 3.38. The lowest BCUT2D eigenvalue weighted by atomic mass is 9.84. The zero-order chi connectivity index (χ0) is 20.5. The molecule has 1 aliphatic carbocycles. The van der Waals surface area contributed by atoms with Gasteiger partial charge in [0.2, 0.25) is 0 Å². The normalized spacial score (nSPS) is 18.0. The van der Waals surface area contributed by atoms with E-state index in [1.165, 1.54) is 0 Å². The van der Waals surface area contributed by atoms with Crippen LogP contribution in [0, 0.1) is 6.92 Å². The van der Waals surface area contributed by atoms with Crippen molar-refractivity contribution in [2.24, 2.45) is 0 Å². The van der Waals surface area contributed by atoms with Gasteiger partial charge in [-0.2, -0.15) is 0 Å². The highest BCUT2D eigenvalue weighted by Crippen LogP contribution is 2.44. The van der Waals surface area contributed by atoms with Gasteiger partial charge in [0.1, 0.15) is 17.1 Å². The number of rotatable bonds is 4. The van der Waals surface area contributed by atoms with Crippen molar-refractivity contribution < 1.29 is 18.7 Å². The molecule has 0 N–H and O–H groups in total. The second-order valence-corrected chi connectivity index (χ2v) is 7.35. The first-order valence-electron chi connectivity index (χ1n) is 10.2. The number of esters is 1. The SMILES string of the molecule is CCOC(=O)c1c(C)oc2c1C(=CN1CCN(CC)CC1)C(=O)c1ccccc1-2. The van der Waals surface area contributed by atoms with Crippen LogP contribution in [0.4, 0.5) is 0 Å². The molecule has 0 amide bonds. The van der Waals surface area contributed by atoms with E-state index in [0.717, 1.165) is 38.3 Å². The average Bonchev–Trinajstić information content (AvgIpc) is 3.09. The number of allylic oxidation sites excluding steroid dienone is 1. The first-order chi connectivity index (χ1) is 14.0. The van der Waals surface area contributed by atoms with Crippen molar-refractivity contribution in [2.45, 2.75) is 20.8 Å². The lowest BCUT2D eigenvalue weighted by Gasteiger charge is -2.34. The van der Waals surface area contributed by atoms with E-state index in [2.05, 4.69) is 16.7 Å². The maximum atomic E-state index is 13.4. The minimum atomic E-state index is -0.455. The average molecular weight is 394 g/mol. The summed E-state index contributed by atoms with van der Waals surface area (Å²) in [5.74, 6) is 0.500. The Bertz CT molecular complexity index is 981. The fourth-order valence-corrected chi connectivity index (χ4v) is 4.09. The molecule has 0 spiro atoms. The largest absolute Gasteiger partial charge is 0.462 e. The summed E-state index contributed by atoms with van der Waals surface area (Å²) in [7, 11) is 0. The van der Waals surface area contributed by atoms with Crippen LogP contribution in [0.2, 0.25) is 0 Å². The summed E-state index contributed by atoms with van der Waals surface area (Å²) in [6.45, 7) is 10.5. The number of carbonyl (C=O) groups excluding carboxylic acids is 2. The van der Waals surface area contributed by atoms with Gasteiger partial charge in [-0.1, -0.05) is 31.2 Å². The number of fused-ring (bicyclic) bond motifs is 3. The standard InChI is InChI=1S/C23H26N2O4/c1-4-24-10-12-25(13-11-24)14-18-20-19(23(27)28-5-2)15(3)29-22(20)17-9-7-6-8-16(17)21(18)26/h6-9,14H,4-5,10-13H2,1-3H3. The Hall–Kier alpha value is -2.86. The predicted molar refractivity (Wildman–Crippen MR) is 111 cm³/mol. The van der Waals surface area contributed by atoms with E-state index in [9.17, 15) is 9.59 Å². The highest BCUT2D eigenvalue weighted by molar-refractivity contribution is 6.35. The van der Waals surface area contributed by atoms with Crippen LogP contribution in [0.3, 0.4) is 0 Å². The molecule has 4 rings (SSSR count). The third-order valence-electron chi connectivity index (χ3n) is 5.66. The van der Waals surface area contributed by atoms with E-state index in [-0.39, 0.29) is 12.4 Å². The molecule has 2 aromatic rings. The Morgan fingerprint density at radius 2 is 1.83 bits per heavy atom. The summed E-state index contributed by atoms with van der Waals surface area (Å²) in [6, 6.07) is 7.39.